The predicted octanol–water partition coefficient (Wildman–Crippen LogP) is 1.02. The molecule has 0 radical (unpaired) electrons. The summed E-state index contributed by atoms with van der Waals surface area (Å²) in [6.45, 7) is 2.10. The number of rotatable bonds is 6. The minimum Gasteiger partial charge on any atom is -0.497 e. The SMILES string of the molecule is COC(=O)[C@H]1C[NH+](Cn2nc(-c3cc(OC)cc(OC)c3)oc2=S)CCS1. The number of methoxy groups -OCH3 is 3. The van der Waals surface area contributed by atoms with Gasteiger partial charge >= 0.3 is 5.97 Å². The van der Waals surface area contributed by atoms with Gasteiger partial charge < -0.3 is 23.5 Å². The molecule has 0 aliphatic carbocycles. The van der Waals surface area contributed by atoms with Crippen molar-refractivity contribution in [2.45, 2.75) is 11.9 Å². The lowest BCUT2D eigenvalue weighted by molar-refractivity contribution is -0.921. The van der Waals surface area contributed by atoms with Gasteiger partial charge in [0.15, 0.2) is 11.9 Å². The Morgan fingerprint density at radius 3 is 2.67 bits per heavy atom. The van der Waals surface area contributed by atoms with Crippen LogP contribution < -0.4 is 14.4 Å². The van der Waals surface area contributed by atoms with Crippen LogP contribution in [-0.4, -0.2) is 61.2 Å². The lowest BCUT2D eigenvalue weighted by Gasteiger charge is -2.27. The molecule has 2 aromatic rings. The quantitative estimate of drug-likeness (QED) is 0.557. The first-order chi connectivity index (χ1) is 13.0. The van der Waals surface area contributed by atoms with Gasteiger partial charge in [0, 0.05) is 17.4 Å². The Morgan fingerprint density at radius 2 is 2.04 bits per heavy atom. The first-order valence-corrected chi connectivity index (χ1v) is 9.84. The average molecular weight is 413 g/mol. The van der Waals surface area contributed by atoms with Gasteiger partial charge in [0.05, 0.1) is 27.9 Å². The van der Waals surface area contributed by atoms with E-state index in [2.05, 4.69) is 5.10 Å². The summed E-state index contributed by atoms with van der Waals surface area (Å²) in [5.41, 5.74) is 0.715. The van der Waals surface area contributed by atoms with Gasteiger partial charge in [-0.05, 0) is 24.4 Å². The molecule has 1 fully saturated rings. The Labute approximate surface area is 166 Å². The highest BCUT2D eigenvalue weighted by Gasteiger charge is 2.30. The molecule has 0 saturated carbocycles. The summed E-state index contributed by atoms with van der Waals surface area (Å²) in [4.78, 5) is 13.3. The molecule has 1 aliphatic heterocycles. The minimum atomic E-state index is -0.190. The van der Waals surface area contributed by atoms with Gasteiger partial charge in [-0.3, -0.25) is 4.79 Å². The van der Waals surface area contributed by atoms with Crippen molar-refractivity contribution in [1.82, 2.24) is 9.78 Å². The first kappa shape index (κ1) is 19.7. The van der Waals surface area contributed by atoms with Gasteiger partial charge in [-0.1, -0.05) is 0 Å². The topological polar surface area (TPSA) is 80.2 Å². The van der Waals surface area contributed by atoms with Crippen molar-refractivity contribution in [1.29, 1.82) is 0 Å². The number of hydrogen-bond donors (Lipinski definition) is 1. The van der Waals surface area contributed by atoms with E-state index in [4.69, 9.17) is 30.8 Å². The van der Waals surface area contributed by atoms with E-state index in [1.54, 1.807) is 36.7 Å². The third kappa shape index (κ3) is 4.63. The number of hydrogen-bond acceptors (Lipinski definition) is 8. The number of carbonyl (C=O) groups excluding carboxylic acids is 1. The van der Waals surface area contributed by atoms with Crippen molar-refractivity contribution < 1.29 is 28.3 Å². The van der Waals surface area contributed by atoms with Crippen LogP contribution in [0.2, 0.25) is 0 Å². The highest BCUT2D eigenvalue weighted by molar-refractivity contribution is 8.00. The van der Waals surface area contributed by atoms with Crippen LogP contribution in [0.3, 0.4) is 0 Å². The standard InChI is InChI=1S/C17H21N3O5S2/c1-22-12-6-11(7-13(8-12)23-2)15-18-20(17(26)25-15)10-19-4-5-27-14(9-19)16(21)24-3/h6-8,14H,4-5,9-10H2,1-3H3/p+1/t14-/m1/s1. The largest absolute Gasteiger partial charge is 0.497 e. The molecule has 2 atom stereocenters. The monoisotopic (exact) mass is 412 g/mol. The second-order valence-corrected chi connectivity index (χ2v) is 7.68. The number of nitrogens with one attached hydrogen (secondary N) is 1. The number of aromatic nitrogens is 2. The molecular formula is C17H22N3O5S2+. The van der Waals surface area contributed by atoms with Crippen LogP contribution in [0.5, 0.6) is 11.5 Å². The summed E-state index contributed by atoms with van der Waals surface area (Å²) in [7, 11) is 4.59. The molecule has 1 aromatic carbocycles. The molecule has 2 heterocycles. The summed E-state index contributed by atoms with van der Waals surface area (Å²) in [6.07, 6.45) is 0. The highest BCUT2D eigenvalue weighted by atomic mass is 32.2. The van der Waals surface area contributed by atoms with Gasteiger partial charge in [0.1, 0.15) is 18.0 Å². The van der Waals surface area contributed by atoms with E-state index in [0.29, 0.717) is 36.2 Å². The fourth-order valence-electron chi connectivity index (χ4n) is 2.86. The number of esters is 1. The molecule has 3 rings (SSSR count). The van der Waals surface area contributed by atoms with Crippen molar-refractivity contribution in [3.8, 4) is 23.0 Å². The lowest BCUT2D eigenvalue weighted by Crippen LogP contribution is -3.14. The molecule has 1 N–H and O–H groups in total. The average Bonchev–Trinajstić information content (AvgIpc) is 3.07. The molecule has 10 heteroatoms. The summed E-state index contributed by atoms with van der Waals surface area (Å²) in [6, 6.07) is 5.40. The predicted molar refractivity (Wildman–Crippen MR) is 103 cm³/mol. The zero-order valence-electron chi connectivity index (χ0n) is 15.4. The Bertz CT molecular complexity index is 844. The van der Waals surface area contributed by atoms with Crippen LogP contribution in [0.25, 0.3) is 11.5 Å². The fourth-order valence-corrected chi connectivity index (χ4v) is 4.32. The number of carbonyl (C=O) groups is 1. The second-order valence-electron chi connectivity index (χ2n) is 6.02. The molecule has 1 saturated heterocycles. The maximum atomic E-state index is 11.8. The zero-order chi connectivity index (χ0) is 19.4. The Balaban J connectivity index is 1.79. The van der Waals surface area contributed by atoms with E-state index < -0.39 is 0 Å². The first-order valence-electron chi connectivity index (χ1n) is 8.38. The van der Waals surface area contributed by atoms with Crippen LogP contribution in [0.1, 0.15) is 0 Å². The minimum absolute atomic E-state index is 0.165. The van der Waals surface area contributed by atoms with Crippen LogP contribution in [0, 0.1) is 4.84 Å². The van der Waals surface area contributed by atoms with Crippen molar-refractivity contribution in [2.24, 2.45) is 0 Å². The van der Waals surface area contributed by atoms with Gasteiger partial charge in [-0.2, -0.15) is 4.68 Å². The summed E-state index contributed by atoms with van der Waals surface area (Å²) < 4.78 is 22.8. The van der Waals surface area contributed by atoms with E-state index in [-0.39, 0.29) is 16.1 Å². The smallest absolute Gasteiger partial charge is 0.324 e. The molecule has 1 unspecified atom stereocenters. The lowest BCUT2D eigenvalue weighted by atomic mass is 10.2. The summed E-state index contributed by atoms with van der Waals surface area (Å²) in [5.74, 6) is 2.36. The van der Waals surface area contributed by atoms with Gasteiger partial charge in [-0.15, -0.1) is 16.9 Å². The summed E-state index contributed by atoms with van der Waals surface area (Å²) in [5, 5.41) is 4.34. The Kier molecular flexibility index (Phi) is 6.40. The Morgan fingerprint density at radius 1 is 1.33 bits per heavy atom. The molecule has 8 nitrogen and oxygen atoms in total. The van der Waals surface area contributed by atoms with E-state index >= 15 is 0 Å². The second kappa shape index (κ2) is 8.77. The van der Waals surface area contributed by atoms with Crippen LogP contribution in [0.4, 0.5) is 0 Å². The molecule has 0 amide bonds. The van der Waals surface area contributed by atoms with Crippen LogP contribution >= 0.6 is 24.0 Å². The zero-order valence-corrected chi connectivity index (χ0v) is 17.0. The maximum Gasteiger partial charge on any atom is 0.324 e. The van der Waals surface area contributed by atoms with Crippen molar-refractivity contribution in [3.63, 3.8) is 0 Å². The van der Waals surface area contributed by atoms with E-state index in [1.807, 2.05) is 12.1 Å². The molecular weight excluding hydrogens is 390 g/mol. The summed E-state index contributed by atoms with van der Waals surface area (Å²) >= 11 is 6.95. The number of thioether (sulfide) groups is 1. The molecule has 1 aromatic heterocycles. The van der Waals surface area contributed by atoms with Crippen molar-refractivity contribution >= 4 is 29.9 Å². The van der Waals surface area contributed by atoms with E-state index in [9.17, 15) is 4.79 Å². The normalized spacial score (nSPS) is 19.5. The van der Waals surface area contributed by atoms with Gasteiger partial charge in [0.25, 0.3) is 4.84 Å². The number of nitrogens with zero attached hydrogens (tertiary/aromatic N) is 2. The molecule has 27 heavy (non-hydrogen) atoms. The molecule has 1 aliphatic rings. The number of ether oxygens (including phenoxy) is 3. The van der Waals surface area contributed by atoms with Gasteiger partial charge in [0.2, 0.25) is 5.89 Å². The molecule has 0 bridgehead atoms. The van der Waals surface area contributed by atoms with Crippen LogP contribution in [0.15, 0.2) is 22.6 Å². The van der Waals surface area contributed by atoms with Gasteiger partial charge in [-0.25, -0.2) is 0 Å². The molecule has 146 valence electrons. The fraction of sp³-hybridized carbons (Fsp3) is 0.471. The van der Waals surface area contributed by atoms with Crippen molar-refractivity contribution in [2.75, 3.05) is 40.2 Å². The third-order valence-electron chi connectivity index (χ3n) is 4.29. The maximum absolute atomic E-state index is 11.8. The molecule has 0 spiro atoms. The third-order valence-corrected chi connectivity index (χ3v) is 5.79. The van der Waals surface area contributed by atoms with Crippen molar-refractivity contribution in [3.05, 3.63) is 23.0 Å². The van der Waals surface area contributed by atoms with E-state index in [0.717, 1.165) is 12.3 Å². The van der Waals surface area contributed by atoms with E-state index in [1.165, 1.54) is 12.0 Å². The Hall–Kier alpha value is -2.04. The van der Waals surface area contributed by atoms with Crippen LogP contribution in [-0.2, 0) is 16.2 Å². The number of benzene rings is 1. The number of quaternary nitrogens is 1. The highest BCUT2D eigenvalue weighted by Crippen LogP contribution is 2.28.